The van der Waals surface area contributed by atoms with Crippen LogP contribution in [0, 0.1) is 0 Å². The van der Waals surface area contributed by atoms with Gasteiger partial charge in [0.05, 0.1) is 6.61 Å². The summed E-state index contributed by atoms with van der Waals surface area (Å²) in [7, 11) is 0. The molecule has 0 aromatic rings. The van der Waals surface area contributed by atoms with Crippen LogP contribution in [-0.2, 0) is 19.1 Å². The summed E-state index contributed by atoms with van der Waals surface area (Å²) in [5, 5.41) is 9.12. The van der Waals surface area contributed by atoms with Crippen molar-refractivity contribution >= 4 is 11.9 Å². The second-order valence-electron chi connectivity index (χ2n) is 7.43. The molecule has 0 aliphatic carbocycles. The van der Waals surface area contributed by atoms with E-state index < -0.39 is 12.1 Å². The van der Waals surface area contributed by atoms with Gasteiger partial charge in [0.25, 0.3) is 0 Å². The molecule has 0 fully saturated rings. The maximum absolute atomic E-state index is 11.7. The van der Waals surface area contributed by atoms with Crippen LogP contribution in [0.25, 0.3) is 0 Å². The lowest BCUT2D eigenvalue weighted by Gasteiger charge is -2.15. The summed E-state index contributed by atoms with van der Waals surface area (Å²) in [5.74, 6) is -0.804. The molecule has 29 heavy (non-hydrogen) atoms. The Balaban J connectivity index is 3.48. The first-order valence-corrected chi connectivity index (χ1v) is 11.3. The van der Waals surface area contributed by atoms with Gasteiger partial charge < -0.3 is 14.6 Å². The third-order valence-corrected chi connectivity index (χ3v) is 4.56. The summed E-state index contributed by atoms with van der Waals surface area (Å²) in [5.41, 5.74) is 0. The number of unbranched alkanes of at least 4 members (excludes halogenated alkanes) is 9. The van der Waals surface area contributed by atoms with E-state index in [0.717, 1.165) is 32.1 Å². The van der Waals surface area contributed by atoms with Gasteiger partial charge in [0.1, 0.15) is 6.61 Å². The van der Waals surface area contributed by atoms with Gasteiger partial charge in [-0.05, 0) is 38.5 Å². The highest BCUT2D eigenvalue weighted by molar-refractivity contribution is 5.69. The first kappa shape index (κ1) is 27.4. The minimum absolute atomic E-state index is 0.0974. The molecule has 0 aliphatic rings. The van der Waals surface area contributed by atoms with Crippen molar-refractivity contribution in [3.05, 3.63) is 24.3 Å². The molecular formula is C24H42O5. The number of hydrogen-bond donors (Lipinski definition) is 1. The Morgan fingerprint density at radius 1 is 0.862 bits per heavy atom. The predicted molar refractivity (Wildman–Crippen MR) is 118 cm³/mol. The van der Waals surface area contributed by atoms with Crippen molar-refractivity contribution in [2.75, 3.05) is 13.2 Å². The Morgan fingerprint density at radius 3 is 2.03 bits per heavy atom. The molecule has 0 amide bonds. The number of esters is 2. The predicted octanol–water partition coefficient (Wildman–Crippen LogP) is 5.66. The van der Waals surface area contributed by atoms with Crippen LogP contribution in [0.2, 0.25) is 0 Å². The Hall–Kier alpha value is -1.62. The number of aliphatic hydroxyl groups is 1. The van der Waals surface area contributed by atoms with Crippen LogP contribution in [0.4, 0.5) is 0 Å². The number of hydrogen-bond acceptors (Lipinski definition) is 5. The molecule has 0 rings (SSSR count). The van der Waals surface area contributed by atoms with E-state index >= 15 is 0 Å². The first-order chi connectivity index (χ1) is 14.1. The fourth-order valence-corrected chi connectivity index (χ4v) is 2.84. The smallest absolute Gasteiger partial charge is 0.306 e. The summed E-state index contributed by atoms with van der Waals surface area (Å²) >= 11 is 0. The van der Waals surface area contributed by atoms with E-state index in [4.69, 9.17) is 14.6 Å². The van der Waals surface area contributed by atoms with Crippen molar-refractivity contribution in [2.24, 2.45) is 0 Å². The van der Waals surface area contributed by atoms with E-state index in [0.29, 0.717) is 6.42 Å². The number of allylic oxidation sites excluding steroid dienone is 4. The van der Waals surface area contributed by atoms with E-state index in [-0.39, 0.29) is 19.2 Å². The van der Waals surface area contributed by atoms with Crippen molar-refractivity contribution in [1.29, 1.82) is 0 Å². The molecular weight excluding hydrogens is 368 g/mol. The topological polar surface area (TPSA) is 72.8 Å². The fraction of sp³-hybridized carbons (Fsp3) is 0.750. The minimum Gasteiger partial charge on any atom is -0.462 e. The molecule has 168 valence electrons. The van der Waals surface area contributed by atoms with Crippen LogP contribution >= 0.6 is 0 Å². The van der Waals surface area contributed by atoms with Gasteiger partial charge in [0.15, 0.2) is 6.10 Å². The van der Waals surface area contributed by atoms with Gasteiger partial charge in [-0.1, -0.05) is 69.8 Å². The van der Waals surface area contributed by atoms with Crippen molar-refractivity contribution in [3.8, 4) is 0 Å². The number of aliphatic hydroxyl groups excluding tert-OH is 1. The van der Waals surface area contributed by atoms with E-state index in [2.05, 4.69) is 31.2 Å². The highest BCUT2D eigenvalue weighted by Crippen LogP contribution is 2.09. The lowest BCUT2D eigenvalue weighted by atomic mass is 10.1. The van der Waals surface area contributed by atoms with Gasteiger partial charge in [-0.15, -0.1) is 0 Å². The zero-order valence-corrected chi connectivity index (χ0v) is 18.6. The summed E-state index contributed by atoms with van der Waals surface area (Å²) < 4.78 is 9.84. The zero-order valence-electron chi connectivity index (χ0n) is 18.6. The standard InChI is InChI=1S/C24H42O5/c1-3-4-5-6-7-8-9-10-11-12-13-14-15-16-17-18-19-24(27)29-23(20-25)21-28-22(2)26/h8-9,11-12,23,25H,3-7,10,13-21H2,1-2H3/b9-8-,12-11-. The molecule has 0 heterocycles. The average Bonchev–Trinajstić information content (AvgIpc) is 2.70. The molecule has 5 nitrogen and oxygen atoms in total. The minimum atomic E-state index is -0.769. The second kappa shape index (κ2) is 21.1. The molecule has 0 aromatic heterocycles. The number of carbonyl (C=O) groups is 2. The summed E-state index contributed by atoms with van der Waals surface area (Å²) in [6.45, 7) is 3.07. The van der Waals surface area contributed by atoms with E-state index in [1.54, 1.807) is 0 Å². The summed E-state index contributed by atoms with van der Waals surface area (Å²) in [6.07, 6.45) is 22.5. The lowest BCUT2D eigenvalue weighted by molar-refractivity contribution is -0.160. The maximum Gasteiger partial charge on any atom is 0.306 e. The largest absolute Gasteiger partial charge is 0.462 e. The Morgan fingerprint density at radius 2 is 1.45 bits per heavy atom. The van der Waals surface area contributed by atoms with Crippen LogP contribution in [0.5, 0.6) is 0 Å². The van der Waals surface area contributed by atoms with Crippen molar-refractivity contribution in [2.45, 2.75) is 103 Å². The van der Waals surface area contributed by atoms with Gasteiger partial charge in [-0.2, -0.15) is 0 Å². The van der Waals surface area contributed by atoms with Crippen LogP contribution in [0.1, 0.15) is 97.3 Å². The molecule has 0 aromatic carbocycles. The average molecular weight is 411 g/mol. The van der Waals surface area contributed by atoms with Crippen LogP contribution in [0.15, 0.2) is 24.3 Å². The van der Waals surface area contributed by atoms with Gasteiger partial charge in [-0.3, -0.25) is 9.59 Å². The third-order valence-electron chi connectivity index (χ3n) is 4.56. The van der Waals surface area contributed by atoms with Crippen molar-refractivity contribution < 1.29 is 24.2 Å². The Kier molecular flexibility index (Phi) is 19.9. The molecule has 1 unspecified atom stereocenters. The lowest BCUT2D eigenvalue weighted by Crippen LogP contribution is -2.28. The molecule has 5 heteroatoms. The quantitative estimate of drug-likeness (QED) is 0.169. The maximum atomic E-state index is 11.7. The Bertz CT molecular complexity index is 456. The monoisotopic (exact) mass is 410 g/mol. The normalized spacial score (nSPS) is 12.5. The van der Waals surface area contributed by atoms with Gasteiger partial charge >= 0.3 is 11.9 Å². The van der Waals surface area contributed by atoms with Gasteiger partial charge in [0, 0.05) is 13.3 Å². The molecule has 0 saturated heterocycles. The van der Waals surface area contributed by atoms with Crippen LogP contribution in [0.3, 0.4) is 0 Å². The van der Waals surface area contributed by atoms with Gasteiger partial charge in [-0.25, -0.2) is 0 Å². The number of rotatable bonds is 19. The molecule has 0 bridgehead atoms. The molecule has 0 saturated carbocycles. The molecule has 1 atom stereocenters. The van der Waals surface area contributed by atoms with E-state index in [1.807, 2.05) is 0 Å². The number of carbonyl (C=O) groups excluding carboxylic acids is 2. The van der Waals surface area contributed by atoms with Crippen molar-refractivity contribution in [3.63, 3.8) is 0 Å². The summed E-state index contributed by atoms with van der Waals surface area (Å²) in [4.78, 5) is 22.5. The number of ether oxygens (including phenoxy) is 2. The highest BCUT2D eigenvalue weighted by atomic mass is 16.6. The van der Waals surface area contributed by atoms with E-state index in [9.17, 15) is 9.59 Å². The van der Waals surface area contributed by atoms with Crippen LogP contribution in [-0.4, -0.2) is 36.4 Å². The third kappa shape index (κ3) is 20.9. The molecule has 1 N–H and O–H groups in total. The Labute approximate surface area is 177 Å². The summed E-state index contributed by atoms with van der Waals surface area (Å²) in [6, 6.07) is 0. The van der Waals surface area contributed by atoms with Gasteiger partial charge in [0.2, 0.25) is 0 Å². The first-order valence-electron chi connectivity index (χ1n) is 11.3. The molecule has 0 aliphatic heterocycles. The van der Waals surface area contributed by atoms with Crippen LogP contribution < -0.4 is 0 Å². The fourth-order valence-electron chi connectivity index (χ4n) is 2.84. The molecule has 0 spiro atoms. The second-order valence-corrected chi connectivity index (χ2v) is 7.43. The van der Waals surface area contributed by atoms with Crippen molar-refractivity contribution in [1.82, 2.24) is 0 Å². The van der Waals surface area contributed by atoms with E-state index in [1.165, 1.54) is 51.9 Å². The molecule has 0 radical (unpaired) electrons. The SMILES string of the molecule is CCCCCC/C=C\C/C=C\CCCCCCCC(=O)OC(CO)COC(C)=O. The highest BCUT2D eigenvalue weighted by Gasteiger charge is 2.14. The zero-order chi connectivity index (χ0) is 21.6.